The van der Waals surface area contributed by atoms with Gasteiger partial charge in [-0.15, -0.1) is 0 Å². The summed E-state index contributed by atoms with van der Waals surface area (Å²) in [6.45, 7) is 4.96. The Bertz CT molecular complexity index is 332. The van der Waals surface area contributed by atoms with Crippen molar-refractivity contribution in [2.24, 2.45) is 5.73 Å². The molecule has 3 N–H and O–H groups in total. The maximum Gasteiger partial charge on any atom is 0.239 e. The molecule has 0 aliphatic rings. The van der Waals surface area contributed by atoms with Crippen LogP contribution in [0.5, 0.6) is 0 Å². The van der Waals surface area contributed by atoms with E-state index >= 15 is 0 Å². The molecule has 16 heavy (non-hydrogen) atoms. The predicted octanol–water partition coefficient (Wildman–Crippen LogP) is 1.77. The van der Waals surface area contributed by atoms with Gasteiger partial charge in [-0.25, -0.2) is 0 Å². The molecule has 1 unspecified atom stereocenters. The molecule has 1 aromatic rings. The van der Waals surface area contributed by atoms with Crippen molar-refractivity contribution >= 4 is 5.91 Å². The van der Waals surface area contributed by atoms with Gasteiger partial charge in [0.2, 0.25) is 5.91 Å². The Morgan fingerprint density at radius 1 is 1.31 bits per heavy atom. The molecule has 0 aromatic heterocycles. The van der Waals surface area contributed by atoms with Gasteiger partial charge in [-0.3, -0.25) is 4.79 Å². The molecule has 0 heterocycles. The van der Waals surface area contributed by atoms with Crippen molar-refractivity contribution in [2.75, 3.05) is 6.54 Å². The van der Waals surface area contributed by atoms with Gasteiger partial charge in [0.15, 0.2) is 0 Å². The fourth-order valence-corrected chi connectivity index (χ4v) is 1.62. The molecule has 0 fully saturated rings. The molecule has 0 aliphatic heterocycles. The molecule has 0 aliphatic carbocycles. The summed E-state index contributed by atoms with van der Waals surface area (Å²) in [5.74, 6) is -0.322. The number of primary amides is 1. The Balaban J connectivity index is 2.79. The van der Waals surface area contributed by atoms with E-state index in [1.54, 1.807) is 0 Å². The van der Waals surface area contributed by atoms with Gasteiger partial charge in [0.1, 0.15) is 6.04 Å². The molecular weight excluding hydrogens is 200 g/mol. The highest BCUT2D eigenvalue weighted by Crippen LogP contribution is 2.14. The summed E-state index contributed by atoms with van der Waals surface area (Å²) in [6, 6.07) is 7.65. The molecule has 88 valence electrons. The molecule has 1 atom stereocenters. The van der Waals surface area contributed by atoms with Crippen molar-refractivity contribution in [1.29, 1.82) is 0 Å². The zero-order valence-corrected chi connectivity index (χ0v) is 9.99. The SMILES string of the molecule is CCCNC(C(N)=O)c1ccc(CC)cc1. The molecular formula is C13H20N2O. The first-order valence-corrected chi connectivity index (χ1v) is 5.80. The number of amides is 1. The number of aryl methyl sites for hydroxylation is 1. The second-order valence-corrected chi connectivity index (χ2v) is 3.88. The molecule has 1 rings (SSSR count). The molecule has 1 amide bonds. The molecule has 3 heteroatoms. The monoisotopic (exact) mass is 220 g/mol. The van der Waals surface area contributed by atoms with Crippen LogP contribution in [0, 0.1) is 0 Å². The van der Waals surface area contributed by atoms with E-state index < -0.39 is 0 Å². The minimum atomic E-state index is -0.370. The van der Waals surface area contributed by atoms with Gasteiger partial charge in [0, 0.05) is 0 Å². The number of nitrogens with one attached hydrogen (secondary N) is 1. The van der Waals surface area contributed by atoms with Gasteiger partial charge in [0.05, 0.1) is 0 Å². The average molecular weight is 220 g/mol. The van der Waals surface area contributed by atoms with E-state index in [9.17, 15) is 4.79 Å². The van der Waals surface area contributed by atoms with Crippen LogP contribution in [0.25, 0.3) is 0 Å². The van der Waals surface area contributed by atoms with Gasteiger partial charge >= 0.3 is 0 Å². The van der Waals surface area contributed by atoms with Crippen molar-refractivity contribution in [1.82, 2.24) is 5.32 Å². The number of carbonyl (C=O) groups is 1. The summed E-state index contributed by atoms with van der Waals surface area (Å²) >= 11 is 0. The van der Waals surface area contributed by atoms with Crippen LogP contribution in [0.4, 0.5) is 0 Å². The second kappa shape index (κ2) is 6.28. The van der Waals surface area contributed by atoms with Gasteiger partial charge in [-0.2, -0.15) is 0 Å². The summed E-state index contributed by atoms with van der Waals surface area (Å²) < 4.78 is 0. The van der Waals surface area contributed by atoms with Crippen LogP contribution in [0.1, 0.15) is 37.4 Å². The number of nitrogens with two attached hydrogens (primary N) is 1. The first kappa shape index (κ1) is 12.7. The quantitative estimate of drug-likeness (QED) is 0.767. The third-order valence-electron chi connectivity index (χ3n) is 2.60. The van der Waals surface area contributed by atoms with Crippen molar-refractivity contribution in [3.63, 3.8) is 0 Å². The van der Waals surface area contributed by atoms with Crippen LogP contribution >= 0.6 is 0 Å². The summed E-state index contributed by atoms with van der Waals surface area (Å²) in [6.07, 6.45) is 1.99. The van der Waals surface area contributed by atoms with Crippen LogP contribution in [0.2, 0.25) is 0 Å². The van der Waals surface area contributed by atoms with E-state index in [0.29, 0.717) is 0 Å². The van der Waals surface area contributed by atoms with Crippen molar-refractivity contribution in [3.8, 4) is 0 Å². The van der Waals surface area contributed by atoms with Crippen LogP contribution in [-0.4, -0.2) is 12.5 Å². The predicted molar refractivity (Wildman–Crippen MR) is 66.0 cm³/mol. The van der Waals surface area contributed by atoms with Gasteiger partial charge in [-0.05, 0) is 30.5 Å². The fraction of sp³-hybridized carbons (Fsp3) is 0.462. The highest BCUT2D eigenvalue weighted by molar-refractivity contribution is 5.81. The number of hydrogen-bond acceptors (Lipinski definition) is 2. The van der Waals surface area contributed by atoms with E-state index in [4.69, 9.17) is 5.73 Å². The number of rotatable bonds is 6. The molecule has 3 nitrogen and oxygen atoms in total. The number of hydrogen-bond donors (Lipinski definition) is 2. The first-order valence-electron chi connectivity index (χ1n) is 5.80. The third kappa shape index (κ3) is 3.35. The van der Waals surface area contributed by atoms with E-state index in [1.165, 1.54) is 5.56 Å². The summed E-state index contributed by atoms with van der Waals surface area (Å²) in [4.78, 5) is 11.3. The normalized spacial score (nSPS) is 12.4. The van der Waals surface area contributed by atoms with Crippen LogP contribution in [0.15, 0.2) is 24.3 Å². The minimum absolute atomic E-state index is 0.322. The smallest absolute Gasteiger partial charge is 0.239 e. The van der Waals surface area contributed by atoms with Crippen molar-refractivity contribution in [2.45, 2.75) is 32.7 Å². The Hall–Kier alpha value is -1.35. The van der Waals surface area contributed by atoms with E-state index in [0.717, 1.165) is 24.9 Å². The van der Waals surface area contributed by atoms with E-state index in [1.807, 2.05) is 24.3 Å². The summed E-state index contributed by atoms with van der Waals surface area (Å²) in [7, 11) is 0. The Labute approximate surface area is 97.0 Å². The Kier molecular flexibility index (Phi) is 4.99. The molecule has 1 aromatic carbocycles. The van der Waals surface area contributed by atoms with Crippen molar-refractivity contribution < 1.29 is 4.79 Å². The average Bonchev–Trinajstić information content (AvgIpc) is 2.30. The topological polar surface area (TPSA) is 55.1 Å². The number of benzene rings is 1. The second-order valence-electron chi connectivity index (χ2n) is 3.88. The molecule has 0 saturated carbocycles. The lowest BCUT2D eigenvalue weighted by Gasteiger charge is -2.15. The standard InChI is InChI=1S/C13H20N2O/c1-3-9-15-12(13(14)16)11-7-5-10(4-2)6-8-11/h5-8,12,15H,3-4,9H2,1-2H3,(H2,14,16). The zero-order valence-electron chi connectivity index (χ0n) is 9.99. The van der Waals surface area contributed by atoms with Crippen LogP contribution < -0.4 is 11.1 Å². The third-order valence-corrected chi connectivity index (χ3v) is 2.60. The largest absolute Gasteiger partial charge is 0.368 e. The van der Waals surface area contributed by atoms with E-state index in [-0.39, 0.29) is 11.9 Å². The van der Waals surface area contributed by atoms with Gasteiger partial charge < -0.3 is 11.1 Å². The van der Waals surface area contributed by atoms with Gasteiger partial charge in [0.25, 0.3) is 0 Å². The molecule has 0 bridgehead atoms. The summed E-state index contributed by atoms with van der Waals surface area (Å²) in [5.41, 5.74) is 7.59. The Morgan fingerprint density at radius 2 is 1.94 bits per heavy atom. The molecule has 0 saturated heterocycles. The van der Waals surface area contributed by atoms with Crippen LogP contribution in [-0.2, 0) is 11.2 Å². The lowest BCUT2D eigenvalue weighted by Crippen LogP contribution is -2.34. The molecule has 0 radical (unpaired) electrons. The summed E-state index contributed by atoms with van der Waals surface area (Å²) in [5, 5.41) is 3.15. The minimum Gasteiger partial charge on any atom is -0.368 e. The lowest BCUT2D eigenvalue weighted by atomic mass is 10.0. The zero-order chi connectivity index (χ0) is 12.0. The van der Waals surface area contributed by atoms with E-state index in [2.05, 4.69) is 19.2 Å². The van der Waals surface area contributed by atoms with Gasteiger partial charge in [-0.1, -0.05) is 38.1 Å². The molecule has 0 spiro atoms. The highest BCUT2D eigenvalue weighted by atomic mass is 16.1. The van der Waals surface area contributed by atoms with Crippen molar-refractivity contribution in [3.05, 3.63) is 35.4 Å². The first-order chi connectivity index (χ1) is 7.69. The number of carbonyl (C=O) groups excluding carboxylic acids is 1. The highest BCUT2D eigenvalue weighted by Gasteiger charge is 2.15. The maximum atomic E-state index is 11.3. The fourth-order valence-electron chi connectivity index (χ4n) is 1.62. The Morgan fingerprint density at radius 3 is 2.38 bits per heavy atom. The maximum absolute atomic E-state index is 11.3. The van der Waals surface area contributed by atoms with Crippen LogP contribution in [0.3, 0.4) is 0 Å². The lowest BCUT2D eigenvalue weighted by molar-refractivity contribution is -0.120.